The largest absolute Gasteiger partial charge is 0.490 e. The van der Waals surface area contributed by atoms with Gasteiger partial charge in [-0.05, 0) is 25.5 Å². The third-order valence-corrected chi connectivity index (χ3v) is 9.19. The van der Waals surface area contributed by atoms with E-state index in [0.29, 0.717) is 5.56 Å². The highest BCUT2D eigenvalue weighted by molar-refractivity contribution is 7.66. The number of phosphoric acid groups is 3. The van der Waals surface area contributed by atoms with Crippen molar-refractivity contribution in [3.05, 3.63) is 68.0 Å². The molecule has 1 aromatic carbocycles. The van der Waals surface area contributed by atoms with Gasteiger partial charge in [0.25, 0.3) is 5.56 Å². The van der Waals surface area contributed by atoms with Crippen molar-refractivity contribution >= 4 is 29.4 Å². The van der Waals surface area contributed by atoms with E-state index in [1.807, 2.05) is 0 Å². The van der Waals surface area contributed by atoms with Gasteiger partial charge in [0.2, 0.25) is 0 Å². The fraction of sp³-hybridized carbons (Fsp3) is 0.421. The number of rotatable bonds is 11. The predicted molar refractivity (Wildman–Crippen MR) is 133 cm³/mol. The summed E-state index contributed by atoms with van der Waals surface area (Å²) in [4.78, 5) is 75.7. The minimum atomic E-state index is -5.78. The number of carbonyl (C=O) groups excluding carboxylic acids is 1. The maximum Gasteiger partial charge on any atom is 0.490 e. The van der Waals surface area contributed by atoms with Crippen LogP contribution in [0.4, 0.5) is 0 Å². The van der Waals surface area contributed by atoms with Gasteiger partial charge in [0.05, 0.1) is 12.2 Å². The predicted octanol–water partition coefficient (Wildman–Crippen LogP) is 0.721. The Balaban J connectivity index is 1.85. The van der Waals surface area contributed by atoms with E-state index >= 15 is 0 Å². The van der Waals surface area contributed by atoms with Crippen LogP contribution in [0.1, 0.15) is 47.1 Å². The zero-order valence-electron chi connectivity index (χ0n) is 20.8. The first kappa shape index (κ1) is 32.2. The number of nitrogens with zero attached hydrogens (tertiary/aromatic N) is 1. The van der Waals surface area contributed by atoms with E-state index in [1.54, 1.807) is 25.1 Å². The molecule has 0 spiro atoms. The molecule has 4 unspecified atom stereocenters. The molecule has 40 heavy (non-hydrogen) atoms. The Morgan fingerprint density at radius 3 is 2.42 bits per heavy atom. The van der Waals surface area contributed by atoms with E-state index < -0.39 is 71.8 Å². The lowest BCUT2D eigenvalue weighted by atomic mass is 10.0. The van der Waals surface area contributed by atoms with Crippen molar-refractivity contribution in [2.24, 2.45) is 5.73 Å². The number of carbonyl (C=O) groups is 1. The number of hydrogen-bond acceptors (Lipinski definition) is 12. The molecule has 0 saturated carbocycles. The lowest BCUT2D eigenvalue weighted by Gasteiger charge is -2.21. The lowest BCUT2D eigenvalue weighted by molar-refractivity contribution is -0.0512. The standard InChI is InChI=1S/C19H26N3O15P3/c1-10-8-22(19(25)21-17(10)23)16-7-14(35-18(24)13-6-4-3-5-12(13)11(2)20)15(34-16)9-33-39(29,30)37-40(31,32)36-38(26,27)28/h3-6,8,11,14-16H,7,9,20H2,1-2H3,(H,29,30)(H,31,32)(H,21,23,25)(H2,26,27,28)/t11?,14-,15?,16-/m1/s1. The number of hydrogen-bond donors (Lipinski definition) is 6. The van der Waals surface area contributed by atoms with Crippen LogP contribution < -0.4 is 17.0 Å². The van der Waals surface area contributed by atoms with Crippen LogP contribution in [0.2, 0.25) is 0 Å². The van der Waals surface area contributed by atoms with Gasteiger partial charge in [-0.25, -0.2) is 23.3 Å². The van der Waals surface area contributed by atoms with E-state index in [0.717, 1.165) is 4.57 Å². The topological polar surface area (TPSA) is 276 Å². The monoisotopic (exact) mass is 629 g/mol. The van der Waals surface area contributed by atoms with Crippen LogP contribution in [-0.4, -0.2) is 53.9 Å². The van der Waals surface area contributed by atoms with Crippen LogP contribution in [0.3, 0.4) is 0 Å². The summed E-state index contributed by atoms with van der Waals surface area (Å²) in [6.07, 6.45) is -2.88. The molecule has 6 atom stereocenters. The molecule has 21 heteroatoms. The first-order valence-corrected chi connectivity index (χ1v) is 15.7. The highest BCUT2D eigenvalue weighted by atomic mass is 31.3. The van der Waals surface area contributed by atoms with Crippen molar-refractivity contribution in [1.82, 2.24) is 9.55 Å². The minimum absolute atomic E-state index is 0.102. The Labute approximate surface area is 225 Å². The molecule has 1 aliphatic heterocycles. The number of esters is 1. The fourth-order valence-electron chi connectivity index (χ4n) is 3.70. The molecule has 2 aromatic rings. The second kappa shape index (κ2) is 12.3. The summed E-state index contributed by atoms with van der Waals surface area (Å²) < 4.78 is 58.8. The van der Waals surface area contributed by atoms with Gasteiger partial charge in [-0.15, -0.1) is 0 Å². The summed E-state index contributed by atoms with van der Waals surface area (Å²) in [6.45, 7) is 2.10. The van der Waals surface area contributed by atoms with Crippen LogP contribution in [-0.2, 0) is 36.3 Å². The number of aromatic nitrogens is 2. The van der Waals surface area contributed by atoms with Gasteiger partial charge < -0.3 is 34.8 Å². The number of ether oxygens (including phenoxy) is 2. The lowest BCUT2D eigenvalue weighted by Crippen LogP contribution is -2.33. The zero-order chi connectivity index (χ0) is 30.0. The summed E-state index contributed by atoms with van der Waals surface area (Å²) in [6, 6.07) is 5.71. The zero-order valence-corrected chi connectivity index (χ0v) is 23.4. The molecule has 222 valence electrons. The molecule has 0 amide bonds. The average molecular weight is 629 g/mol. The molecule has 18 nitrogen and oxygen atoms in total. The number of nitrogens with two attached hydrogens (primary N) is 1. The van der Waals surface area contributed by atoms with Gasteiger partial charge in [-0.1, -0.05) is 18.2 Å². The minimum Gasteiger partial charge on any atom is -0.456 e. The quantitative estimate of drug-likeness (QED) is 0.147. The van der Waals surface area contributed by atoms with Gasteiger partial charge in [0.15, 0.2) is 0 Å². The van der Waals surface area contributed by atoms with E-state index in [2.05, 4.69) is 18.1 Å². The molecule has 0 bridgehead atoms. The molecule has 1 aromatic heterocycles. The van der Waals surface area contributed by atoms with E-state index in [9.17, 15) is 37.9 Å². The number of aryl methyl sites for hydroxylation is 1. The van der Waals surface area contributed by atoms with Crippen molar-refractivity contribution in [2.45, 2.75) is 44.7 Å². The molecule has 7 N–H and O–H groups in total. The number of aromatic amines is 1. The second-order valence-electron chi connectivity index (χ2n) is 8.55. The van der Waals surface area contributed by atoms with Gasteiger partial charge in [0, 0.05) is 24.2 Å². The first-order valence-electron chi connectivity index (χ1n) is 11.2. The SMILES string of the molecule is Cc1cn([C@H]2C[C@@H](OC(=O)c3ccccc3C(C)N)C(COP(=O)(O)OP(=O)(O)OP(=O)(O)O)O2)c(=O)[nH]c1=O. The van der Waals surface area contributed by atoms with E-state index in [4.69, 9.17) is 25.0 Å². The Morgan fingerprint density at radius 1 is 1.15 bits per heavy atom. The Hall–Kier alpha value is -2.30. The molecule has 1 fully saturated rings. The fourth-order valence-corrected chi connectivity index (χ4v) is 6.73. The van der Waals surface area contributed by atoms with Gasteiger partial charge >= 0.3 is 35.1 Å². The molecule has 1 saturated heterocycles. The Kier molecular flexibility index (Phi) is 9.90. The molecule has 0 aliphatic carbocycles. The van der Waals surface area contributed by atoms with Gasteiger partial charge in [-0.2, -0.15) is 8.62 Å². The van der Waals surface area contributed by atoms with Crippen LogP contribution in [0.25, 0.3) is 0 Å². The van der Waals surface area contributed by atoms with Crippen LogP contribution >= 0.6 is 23.5 Å². The van der Waals surface area contributed by atoms with Crippen molar-refractivity contribution < 1.29 is 60.7 Å². The van der Waals surface area contributed by atoms with Crippen molar-refractivity contribution in [3.63, 3.8) is 0 Å². The summed E-state index contributed by atoms with van der Waals surface area (Å²) in [5, 5.41) is 0. The van der Waals surface area contributed by atoms with Crippen molar-refractivity contribution in [1.29, 1.82) is 0 Å². The molecule has 1 aliphatic rings. The third-order valence-electron chi connectivity index (χ3n) is 5.38. The Bertz CT molecular complexity index is 1520. The maximum absolute atomic E-state index is 13.0. The van der Waals surface area contributed by atoms with E-state index in [1.165, 1.54) is 19.2 Å². The maximum atomic E-state index is 13.0. The summed E-state index contributed by atoms with van der Waals surface area (Å²) in [5.41, 5.74) is 5.08. The average Bonchev–Trinajstić information content (AvgIpc) is 3.20. The van der Waals surface area contributed by atoms with E-state index in [-0.39, 0.29) is 17.5 Å². The van der Waals surface area contributed by atoms with Crippen LogP contribution in [0, 0.1) is 6.92 Å². The highest BCUT2D eigenvalue weighted by Gasteiger charge is 2.44. The van der Waals surface area contributed by atoms with Gasteiger partial charge in [-0.3, -0.25) is 18.9 Å². The van der Waals surface area contributed by atoms with Crippen LogP contribution in [0.5, 0.6) is 0 Å². The number of nitrogens with one attached hydrogen (secondary N) is 1. The van der Waals surface area contributed by atoms with Crippen molar-refractivity contribution in [2.75, 3.05) is 6.61 Å². The van der Waals surface area contributed by atoms with Gasteiger partial charge in [0.1, 0.15) is 18.4 Å². The smallest absolute Gasteiger partial charge is 0.456 e. The molecule has 3 rings (SSSR count). The highest BCUT2D eigenvalue weighted by Crippen LogP contribution is 2.66. The Morgan fingerprint density at radius 2 is 1.80 bits per heavy atom. The molecule has 0 radical (unpaired) electrons. The first-order chi connectivity index (χ1) is 18.4. The molecular formula is C19H26N3O15P3. The molecular weight excluding hydrogens is 603 g/mol. The summed E-state index contributed by atoms with van der Waals surface area (Å²) in [7, 11) is -16.9. The molecule has 2 heterocycles. The second-order valence-corrected chi connectivity index (χ2v) is 13.0. The third kappa shape index (κ3) is 8.60. The number of phosphoric ester groups is 1. The van der Waals surface area contributed by atoms with Crippen molar-refractivity contribution in [3.8, 4) is 0 Å². The summed E-state index contributed by atoms with van der Waals surface area (Å²) in [5.74, 6) is -0.865. The number of H-pyrrole nitrogens is 1. The summed E-state index contributed by atoms with van der Waals surface area (Å²) >= 11 is 0. The van der Waals surface area contributed by atoms with Crippen LogP contribution in [0.15, 0.2) is 40.1 Å². The number of benzene rings is 1. The normalized spacial score (nSPS) is 23.2.